The molecule has 4 nitrogen and oxygen atoms in total. The van der Waals surface area contributed by atoms with E-state index in [0.717, 1.165) is 12.8 Å². The van der Waals surface area contributed by atoms with Crippen molar-refractivity contribution in [3.63, 3.8) is 0 Å². The van der Waals surface area contributed by atoms with Crippen LogP contribution in [0.25, 0.3) is 0 Å². The summed E-state index contributed by atoms with van der Waals surface area (Å²) in [6, 6.07) is 0.173. The summed E-state index contributed by atoms with van der Waals surface area (Å²) in [5.41, 5.74) is 0. The van der Waals surface area contributed by atoms with Crippen LogP contribution >= 0.6 is 0 Å². The molecule has 0 aromatic carbocycles. The van der Waals surface area contributed by atoms with Gasteiger partial charge in [0.1, 0.15) is 0 Å². The van der Waals surface area contributed by atoms with Gasteiger partial charge in [-0.25, -0.2) is 0 Å². The molecule has 0 amide bonds. The predicted octanol–water partition coefficient (Wildman–Crippen LogP) is 1.31. The van der Waals surface area contributed by atoms with Crippen molar-refractivity contribution in [3.8, 4) is 0 Å². The minimum Gasteiger partial charge on any atom is -0.364 e. The van der Waals surface area contributed by atoms with Gasteiger partial charge in [0.2, 0.25) is 0 Å². The fraction of sp³-hybridized carbons (Fsp3) is 0.778. The third-order valence-corrected chi connectivity index (χ3v) is 4.39. The van der Waals surface area contributed by atoms with E-state index in [0.29, 0.717) is 0 Å². The van der Waals surface area contributed by atoms with E-state index in [1.54, 1.807) is 21.3 Å². The molecule has 0 aromatic rings. The smallest absolute Gasteiger partial charge is 0.364 e. The molecule has 1 unspecified atom stereocenters. The van der Waals surface area contributed by atoms with Crippen molar-refractivity contribution in [1.82, 2.24) is 4.98 Å². The second-order valence-corrected chi connectivity index (χ2v) is 5.57. The molecule has 0 spiro atoms. The van der Waals surface area contributed by atoms with Crippen LogP contribution in [0.1, 0.15) is 19.8 Å². The first-order valence-electron chi connectivity index (χ1n) is 4.73. The van der Waals surface area contributed by atoms with Gasteiger partial charge in [-0.05, 0) is 6.42 Å². The van der Waals surface area contributed by atoms with E-state index >= 15 is 0 Å². The molecule has 0 aliphatic carbocycles. The summed E-state index contributed by atoms with van der Waals surface area (Å²) in [6.45, 7) is 5.88. The number of rotatable bonds is 8. The normalized spacial score (nSPS) is 14.0. The average Bonchev–Trinajstić information content (AvgIpc) is 2.25. The maximum atomic E-state index is 5.25. The van der Waals surface area contributed by atoms with Crippen molar-refractivity contribution in [1.29, 1.82) is 0 Å². The van der Waals surface area contributed by atoms with Crippen molar-refractivity contribution >= 4 is 8.97 Å². The summed E-state index contributed by atoms with van der Waals surface area (Å²) < 4.78 is 15.8. The highest BCUT2D eigenvalue weighted by Crippen LogP contribution is 2.06. The third-order valence-electron chi connectivity index (χ3n) is 2.05. The summed E-state index contributed by atoms with van der Waals surface area (Å²) in [7, 11) is 2.09. The zero-order valence-corrected chi connectivity index (χ0v) is 10.5. The molecule has 1 atom stereocenters. The lowest BCUT2D eigenvalue weighted by molar-refractivity contribution is 0.107. The summed E-state index contributed by atoms with van der Waals surface area (Å²) in [6.07, 6.45) is 3.92. The molecule has 0 fully saturated rings. The second-order valence-electron chi connectivity index (χ2n) is 2.94. The molecule has 0 heterocycles. The van der Waals surface area contributed by atoms with Crippen LogP contribution in [0.3, 0.4) is 0 Å². The fourth-order valence-corrected chi connectivity index (χ4v) is 2.78. The van der Waals surface area contributed by atoms with Gasteiger partial charge in [0.15, 0.2) is 0 Å². The van der Waals surface area contributed by atoms with Crippen LogP contribution in [-0.4, -0.2) is 36.3 Å². The Morgan fingerprint density at radius 3 is 2.07 bits per heavy atom. The van der Waals surface area contributed by atoms with Gasteiger partial charge in [-0.15, -0.1) is 6.58 Å². The van der Waals surface area contributed by atoms with E-state index in [1.165, 1.54) is 0 Å². The largest absolute Gasteiger partial charge is 0.596 e. The van der Waals surface area contributed by atoms with Gasteiger partial charge in [0.05, 0.1) is 0 Å². The molecule has 84 valence electrons. The molecule has 0 aromatic heterocycles. The Morgan fingerprint density at radius 2 is 1.79 bits per heavy atom. The van der Waals surface area contributed by atoms with Gasteiger partial charge in [0.25, 0.3) is 0 Å². The molecule has 0 aliphatic rings. The van der Waals surface area contributed by atoms with E-state index in [9.17, 15) is 0 Å². The van der Waals surface area contributed by atoms with Crippen molar-refractivity contribution in [2.75, 3.05) is 21.3 Å². The minimum atomic E-state index is -2.66. The van der Waals surface area contributed by atoms with E-state index in [1.807, 2.05) is 6.08 Å². The van der Waals surface area contributed by atoms with Crippen LogP contribution in [0, 0.1) is 0 Å². The van der Waals surface area contributed by atoms with E-state index in [2.05, 4.69) is 18.5 Å². The molecule has 0 radical (unpaired) electrons. The molecule has 0 saturated carbocycles. The topological polar surface area (TPSA) is 39.7 Å². The third kappa shape index (κ3) is 3.89. The van der Waals surface area contributed by atoms with Crippen LogP contribution in [0.5, 0.6) is 0 Å². The van der Waals surface area contributed by atoms with Crippen molar-refractivity contribution < 1.29 is 13.3 Å². The molecular formula is C9H21NO3Si. The summed E-state index contributed by atoms with van der Waals surface area (Å²) >= 11 is 0. The van der Waals surface area contributed by atoms with Crippen LogP contribution in [0.2, 0.25) is 0 Å². The van der Waals surface area contributed by atoms with Crippen LogP contribution < -0.4 is 4.98 Å². The van der Waals surface area contributed by atoms with Gasteiger partial charge in [0, 0.05) is 27.4 Å². The van der Waals surface area contributed by atoms with Crippen molar-refractivity contribution in [3.05, 3.63) is 12.7 Å². The molecule has 0 rings (SSSR count). The van der Waals surface area contributed by atoms with Crippen molar-refractivity contribution in [2.24, 2.45) is 0 Å². The molecule has 0 saturated heterocycles. The fourth-order valence-electron chi connectivity index (χ4n) is 1.21. The molecule has 5 heteroatoms. The number of hydrogen-bond acceptors (Lipinski definition) is 4. The van der Waals surface area contributed by atoms with Gasteiger partial charge in [-0.1, -0.05) is 19.4 Å². The van der Waals surface area contributed by atoms with Gasteiger partial charge in [-0.3, -0.25) is 4.98 Å². The summed E-state index contributed by atoms with van der Waals surface area (Å²) in [4.78, 5) is 3.22. The molecule has 1 N–H and O–H groups in total. The number of hydrogen-bond donors (Lipinski definition) is 1. The Balaban J connectivity index is 4.31. The molecular weight excluding hydrogens is 198 g/mol. The van der Waals surface area contributed by atoms with E-state index in [-0.39, 0.29) is 6.04 Å². The number of nitrogens with one attached hydrogen (secondary N) is 1. The first-order valence-corrected chi connectivity index (χ1v) is 6.46. The Labute approximate surface area is 87.7 Å². The lowest BCUT2D eigenvalue weighted by atomic mass is 10.2. The predicted molar refractivity (Wildman–Crippen MR) is 58.8 cm³/mol. The van der Waals surface area contributed by atoms with Crippen LogP contribution in [-0.2, 0) is 13.3 Å². The summed E-state index contributed by atoms with van der Waals surface area (Å²) in [5.74, 6) is 0. The minimum absolute atomic E-state index is 0.173. The highest BCUT2D eigenvalue weighted by molar-refractivity contribution is 6.57. The second kappa shape index (κ2) is 7.14. The lowest BCUT2D eigenvalue weighted by Crippen LogP contribution is -2.60. The average molecular weight is 219 g/mol. The first kappa shape index (κ1) is 13.8. The lowest BCUT2D eigenvalue weighted by Gasteiger charge is -2.28. The standard InChI is InChI=1S/C9H21NO3Si/c1-6-8-9(7-2)10-14(11-3,12-4)13-5/h7,9-10H,2,6,8H2,1,3-5H3. The van der Waals surface area contributed by atoms with Gasteiger partial charge >= 0.3 is 8.97 Å². The summed E-state index contributed by atoms with van der Waals surface area (Å²) in [5, 5.41) is 0. The molecule has 0 aliphatic heterocycles. The Morgan fingerprint density at radius 1 is 1.29 bits per heavy atom. The molecule has 0 bridgehead atoms. The first-order chi connectivity index (χ1) is 6.67. The van der Waals surface area contributed by atoms with Gasteiger partial charge in [-0.2, -0.15) is 0 Å². The molecule has 14 heavy (non-hydrogen) atoms. The van der Waals surface area contributed by atoms with Gasteiger partial charge < -0.3 is 13.3 Å². The Hall–Kier alpha value is -0.203. The SMILES string of the molecule is C=CC(CCC)N[Si](OC)(OC)OC. The Bertz CT molecular complexity index is 154. The van der Waals surface area contributed by atoms with Crippen LogP contribution in [0.4, 0.5) is 0 Å². The highest BCUT2D eigenvalue weighted by atomic mass is 28.4. The monoisotopic (exact) mass is 219 g/mol. The van der Waals surface area contributed by atoms with E-state index < -0.39 is 8.97 Å². The Kier molecular flexibility index (Phi) is 7.03. The zero-order chi connectivity index (χ0) is 11.0. The van der Waals surface area contributed by atoms with Crippen molar-refractivity contribution in [2.45, 2.75) is 25.8 Å². The maximum Gasteiger partial charge on any atom is 0.596 e. The highest BCUT2D eigenvalue weighted by Gasteiger charge is 2.40. The van der Waals surface area contributed by atoms with Crippen LogP contribution in [0.15, 0.2) is 12.7 Å². The zero-order valence-electron chi connectivity index (χ0n) is 9.50. The maximum absolute atomic E-state index is 5.25. The quantitative estimate of drug-likeness (QED) is 0.493. The van der Waals surface area contributed by atoms with E-state index in [4.69, 9.17) is 13.3 Å².